The van der Waals surface area contributed by atoms with Gasteiger partial charge in [0.25, 0.3) is 0 Å². The number of fused-ring (bicyclic) bond motifs is 3. The number of imide groups is 1. The van der Waals surface area contributed by atoms with Crippen LogP contribution >= 0.6 is 0 Å². The van der Waals surface area contributed by atoms with Crippen LogP contribution in [0.1, 0.15) is 43.5 Å². The SMILES string of the molecule is Cc1cc(C)cc(C2OC3(C(=O)c4ccccc4C3=O)C3C(=O)N(c4ccccc4)C(=O)C23)c1. The van der Waals surface area contributed by atoms with Gasteiger partial charge >= 0.3 is 0 Å². The van der Waals surface area contributed by atoms with Crippen molar-refractivity contribution < 1.29 is 23.9 Å². The number of benzene rings is 3. The highest BCUT2D eigenvalue weighted by atomic mass is 16.5. The second-order valence-corrected chi connectivity index (χ2v) is 9.25. The van der Waals surface area contributed by atoms with E-state index in [9.17, 15) is 19.2 Å². The molecule has 2 amide bonds. The number of carbonyl (C=O) groups excluding carboxylic acids is 4. The molecule has 3 aromatic carbocycles. The lowest BCUT2D eigenvalue weighted by Gasteiger charge is -2.27. The minimum atomic E-state index is -2.05. The first-order chi connectivity index (χ1) is 16.3. The Kier molecular flexibility index (Phi) is 4.29. The number of nitrogens with zero attached hydrogens (tertiary/aromatic N) is 1. The lowest BCUT2D eigenvalue weighted by Crippen LogP contribution is -2.51. The van der Waals surface area contributed by atoms with E-state index in [0.29, 0.717) is 11.3 Å². The van der Waals surface area contributed by atoms with E-state index in [2.05, 4.69) is 0 Å². The van der Waals surface area contributed by atoms with Crippen LogP contribution in [0.5, 0.6) is 0 Å². The van der Waals surface area contributed by atoms with Crippen molar-refractivity contribution in [1.82, 2.24) is 0 Å². The summed E-state index contributed by atoms with van der Waals surface area (Å²) in [6.07, 6.45) is -0.907. The molecule has 2 aliphatic heterocycles. The van der Waals surface area contributed by atoms with Crippen molar-refractivity contribution in [2.75, 3.05) is 4.90 Å². The van der Waals surface area contributed by atoms with Gasteiger partial charge in [0.15, 0.2) is 0 Å². The van der Waals surface area contributed by atoms with E-state index in [1.165, 1.54) is 0 Å². The molecule has 0 aromatic heterocycles. The Balaban J connectivity index is 1.57. The van der Waals surface area contributed by atoms with E-state index in [1.807, 2.05) is 32.0 Å². The first-order valence-corrected chi connectivity index (χ1v) is 11.2. The van der Waals surface area contributed by atoms with Crippen molar-refractivity contribution in [2.45, 2.75) is 25.6 Å². The van der Waals surface area contributed by atoms with Crippen molar-refractivity contribution >= 4 is 29.1 Å². The van der Waals surface area contributed by atoms with E-state index in [1.54, 1.807) is 54.6 Å². The lowest BCUT2D eigenvalue weighted by molar-refractivity contribution is -0.127. The molecule has 0 saturated carbocycles. The number of rotatable bonds is 2. The molecule has 34 heavy (non-hydrogen) atoms. The van der Waals surface area contributed by atoms with Gasteiger partial charge in [-0.25, -0.2) is 4.90 Å². The summed E-state index contributed by atoms with van der Waals surface area (Å²) in [6.45, 7) is 3.86. The minimum absolute atomic E-state index is 0.228. The van der Waals surface area contributed by atoms with E-state index < -0.39 is 46.9 Å². The van der Waals surface area contributed by atoms with Crippen LogP contribution < -0.4 is 4.90 Å². The molecule has 6 rings (SSSR count). The Morgan fingerprint density at radius 1 is 0.735 bits per heavy atom. The van der Waals surface area contributed by atoms with E-state index in [-0.39, 0.29) is 11.1 Å². The molecule has 3 aliphatic rings. The van der Waals surface area contributed by atoms with E-state index in [0.717, 1.165) is 16.0 Å². The van der Waals surface area contributed by atoms with Crippen molar-refractivity contribution in [3.05, 3.63) is 101 Å². The topological polar surface area (TPSA) is 80.8 Å². The zero-order valence-corrected chi connectivity index (χ0v) is 18.6. The number of hydrogen-bond acceptors (Lipinski definition) is 5. The number of ether oxygens (including phenoxy) is 1. The number of ketones is 2. The number of carbonyl (C=O) groups is 4. The van der Waals surface area contributed by atoms with Gasteiger partial charge in [-0.2, -0.15) is 0 Å². The number of para-hydroxylation sites is 1. The van der Waals surface area contributed by atoms with Crippen LogP contribution in [-0.4, -0.2) is 29.0 Å². The summed E-state index contributed by atoms with van der Waals surface area (Å²) in [5.41, 5.74) is 1.41. The van der Waals surface area contributed by atoms with Crippen molar-refractivity contribution in [1.29, 1.82) is 0 Å². The molecule has 1 spiro atoms. The van der Waals surface area contributed by atoms with Gasteiger partial charge in [0.1, 0.15) is 0 Å². The second-order valence-electron chi connectivity index (χ2n) is 9.25. The number of hydrogen-bond donors (Lipinski definition) is 0. The summed E-state index contributed by atoms with van der Waals surface area (Å²) in [6, 6.07) is 20.9. The fourth-order valence-electron chi connectivity index (χ4n) is 5.82. The van der Waals surface area contributed by atoms with E-state index >= 15 is 0 Å². The number of aryl methyl sites for hydroxylation is 2. The van der Waals surface area contributed by atoms with Crippen LogP contribution in [0, 0.1) is 25.7 Å². The van der Waals surface area contributed by atoms with Crippen molar-refractivity contribution in [2.24, 2.45) is 11.8 Å². The maximum Gasteiger partial charge on any atom is 0.241 e. The molecular weight excluding hydrogens is 430 g/mol. The molecule has 168 valence electrons. The molecule has 0 N–H and O–H groups in total. The first-order valence-electron chi connectivity index (χ1n) is 11.2. The van der Waals surface area contributed by atoms with Crippen molar-refractivity contribution in [3.8, 4) is 0 Å². The van der Waals surface area contributed by atoms with Gasteiger partial charge in [-0.3, -0.25) is 19.2 Å². The predicted molar refractivity (Wildman–Crippen MR) is 123 cm³/mol. The minimum Gasteiger partial charge on any atom is -0.349 e. The summed E-state index contributed by atoms with van der Waals surface area (Å²) in [4.78, 5) is 56.2. The lowest BCUT2D eigenvalue weighted by atomic mass is 9.77. The van der Waals surface area contributed by atoms with E-state index in [4.69, 9.17) is 4.74 Å². The van der Waals surface area contributed by atoms with Crippen LogP contribution in [0.4, 0.5) is 5.69 Å². The Morgan fingerprint density at radius 3 is 1.88 bits per heavy atom. The molecule has 3 atom stereocenters. The summed E-state index contributed by atoms with van der Waals surface area (Å²) < 4.78 is 6.34. The zero-order chi connectivity index (χ0) is 23.8. The van der Waals surface area contributed by atoms with Crippen LogP contribution in [0.2, 0.25) is 0 Å². The molecular formula is C28H21NO5. The Morgan fingerprint density at radius 2 is 1.29 bits per heavy atom. The average molecular weight is 451 g/mol. The number of amides is 2. The molecule has 6 nitrogen and oxygen atoms in total. The molecule has 3 unspecified atom stereocenters. The Bertz CT molecular complexity index is 1350. The summed E-state index contributed by atoms with van der Waals surface area (Å²) >= 11 is 0. The molecule has 3 aromatic rings. The monoisotopic (exact) mass is 451 g/mol. The van der Waals surface area contributed by atoms with Gasteiger partial charge in [-0.1, -0.05) is 71.8 Å². The quantitative estimate of drug-likeness (QED) is 0.435. The van der Waals surface area contributed by atoms with Gasteiger partial charge in [-0.15, -0.1) is 0 Å². The standard InChI is InChI=1S/C28H21NO5/c1-15-12-16(2)14-17(13-15)23-21-22(27(33)29(26(21)32)18-8-4-3-5-9-18)28(34-23)24(30)19-10-6-7-11-20(19)25(28)31/h3-14,21-23H,1-2H3. The number of anilines is 1. The maximum atomic E-state index is 13.8. The molecule has 2 saturated heterocycles. The fraction of sp³-hybridized carbons (Fsp3) is 0.214. The van der Waals surface area contributed by atoms with Crippen LogP contribution in [0.15, 0.2) is 72.8 Å². The summed E-state index contributed by atoms with van der Waals surface area (Å²) in [5, 5.41) is 0. The third kappa shape index (κ3) is 2.54. The summed E-state index contributed by atoms with van der Waals surface area (Å²) in [5.74, 6) is -4.37. The van der Waals surface area contributed by atoms with Gasteiger partial charge in [0.2, 0.25) is 29.0 Å². The van der Waals surface area contributed by atoms with Gasteiger partial charge in [0.05, 0.1) is 23.6 Å². The third-order valence-corrected chi connectivity index (χ3v) is 7.11. The normalized spacial score (nSPS) is 24.8. The van der Waals surface area contributed by atoms with Gasteiger partial charge in [-0.05, 0) is 31.5 Å². The Hall–Kier alpha value is -3.90. The first kappa shape index (κ1) is 20.7. The molecule has 2 fully saturated rings. The largest absolute Gasteiger partial charge is 0.349 e. The van der Waals surface area contributed by atoms with Gasteiger partial charge < -0.3 is 4.74 Å². The highest BCUT2D eigenvalue weighted by Gasteiger charge is 2.74. The van der Waals surface area contributed by atoms with Gasteiger partial charge in [0, 0.05) is 11.1 Å². The van der Waals surface area contributed by atoms with Crippen LogP contribution in [-0.2, 0) is 14.3 Å². The number of Topliss-reactive ketones (excluding diaryl/α,β-unsaturated/α-hetero) is 2. The highest BCUT2D eigenvalue weighted by molar-refractivity contribution is 6.37. The van der Waals surface area contributed by atoms with Crippen molar-refractivity contribution in [3.63, 3.8) is 0 Å². The smallest absolute Gasteiger partial charge is 0.241 e. The zero-order valence-electron chi connectivity index (χ0n) is 18.6. The third-order valence-electron chi connectivity index (χ3n) is 7.11. The average Bonchev–Trinajstić information content (AvgIpc) is 3.39. The fourth-order valence-corrected chi connectivity index (χ4v) is 5.82. The maximum absolute atomic E-state index is 13.8. The molecule has 0 bridgehead atoms. The van der Waals surface area contributed by atoms with Crippen LogP contribution in [0.25, 0.3) is 0 Å². The highest BCUT2D eigenvalue weighted by Crippen LogP contribution is 2.57. The molecule has 6 heteroatoms. The summed E-state index contributed by atoms with van der Waals surface area (Å²) in [7, 11) is 0. The van der Waals surface area contributed by atoms with Crippen LogP contribution in [0.3, 0.4) is 0 Å². The molecule has 1 aliphatic carbocycles. The Labute approximate surface area is 196 Å². The molecule has 2 heterocycles. The molecule has 0 radical (unpaired) electrons. The predicted octanol–water partition coefficient (Wildman–Crippen LogP) is 4.00. The second kappa shape index (κ2) is 7.05.